The van der Waals surface area contributed by atoms with Crippen molar-refractivity contribution >= 4 is 21.8 Å². The van der Waals surface area contributed by atoms with Crippen LogP contribution >= 0.6 is 15.9 Å². The molecule has 0 bridgehead atoms. The molecule has 0 aliphatic heterocycles. The first-order valence-corrected chi connectivity index (χ1v) is 7.57. The highest BCUT2D eigenvalue weighted by atomic mass is 79.9. The minimum absolute atomic E-state index is 0.0118. The molecule has 1 N–H and O–H groups in total. The Kier molecular flexibility index (Phi) is 5.44. The molecule has 21 heavy (non-hydrogen) atoms. The van der Waals surface area contributed by atoms with Crippen molar-refractivity contribution in [1.29, 1.82) is 0 Å². The van der Waals surface area contributed by atoms with Crippen LogP contribution in [0, 0.1) is 0 Å². The third kappa shape index (κ3) is 4.63. The summed E-state index contributed by atoms with van der Waals surface area (Å²) in [6.45, 7) is 4.53. The van der Waals surface area contributed by atoms with Crippen LogP contribution in [0.1, 0.15) is 31.1 Å². The topological polar surface area (TPSA) is 51.5 Å². The molecular formula is C16H18BrNO3. The summed E-state index contributed by atoms with van der Waals surface area (Å²) in [5.74, 6) is 1.60. The lowest BCUT2D eigenvalue weighted by molar-refractivity contribution is -0.123. The van der Waals surface area contributed by atoms with Crippen molar-refractivity contribution in [3.05, 3.63) is 52.4 Å². The van der Waals surface area contributed by atoms with Crippen LogP contribution < -0.4 is 10.1 Å². The predicted molar refractivity (Wildman–Crippen MR) is 84.3 cm³/mol. The molecule has 0 atom stereocenters. The number of hydrogen-bond donors (Lipinski definition) is 1. The summed E-state index contributed by atoms with van der Waals surface area (Å²) in [4.78, 5) is 11.8. The van der Waals surface area contributed by atoms with Crippen LogP contribution in [0.5, 0.6) is 5.75 Å². The zero-order valence-electron chi connectivity index (χ0n) is 12.1. The maximum atomic E-state index is 11.8. The Hall–Kier alpha value is -1.75. The van der Waals surface area contributed by atoms with Gasteiger partial charge in [-0.1, -0.05) is 29.8 Å². The van der Waals surface area contributed by atoms with Crippen molar-refractivity contribution in [3.8, 4) is 5.75 Å². The van der Waals surface area contributed by atoms with Crippen molar-refractivity contribution in [1.82, 2.24) is 5.32 Å². The second-order valence-corrected chi connectivity index (χ2v) is 5.90. The summed E-state index contributed by atoms with van der Waals surface area (Å²) in [5.41, 5.74) is 1.07. The minimum atomic E-state index is -0.177. The Balaban J connectivity index is 1.89. The fraction of sp³-hybridized carbons (Fsp3) is 0.312. The van der Waals surface area contributed by atoms with E-state index in [1.165, 1.54) is 0 Å². The van der Waals surface area contributed by atoms with Crippen molar-refractivity contribution < 1.29 is 13.9 Å². The molecule has 0 saturated heterocycles. The van der Waals surface area contributed by atoms with Crippen LogP contribution in [-0.2, 0) is 11.3 Å². The van der Waals surface area contributed by atoms with E-state index in [1.54, 1.807) is 12.3 Å². The van der Waals surface area contributed by atoms with E-state index in [0.29, 0.717) is 12.5 Å². The van der Waals surface area contributed by atoms with Crippen LogP contribution in [0.3, 0.4) is 0 Å². The Morgan fingerprint density at radius 3 is 2.86 bits per heavy atom. The molecule has 1 aromatic heterocycles. The molecule has 0 aliphatic rings. The standard InChI is InChI=1S/C16H18BrNO3/c1-11(2)14-8-12(17)5-6-15(14)21-10-16(19)18-9-13-4-3-7-20-13/h3-8,11H,9-10H2,1-2H3,(H,18,19). The molecule has 4 nitrogen and oxygen atoms in total. The van der Waals surface area contributed by atoms with E-state index in [9.17, 15) is 4.79 Å². The maximum absolute atomic E-state index is 11.8. The lowest BCUT2D eigenvalue weighted by atomic mass is 10.0. The predicted octanol–water partition coefficient (Wildman–Crippen LogP) is 3.86. The molecule has 0 fully saturated rings. The molecule has 1 aromatic carbocycles. The fourth-order valence-electron chi connectivity index (χ4n) is 1.90. The van der Waals surface area contributed by atoms with E-state index >= 15 is 0 Å². The molecule has 112 valence electrons. The van der Waals surface area contributed by atoms with Gasteiger partial charge in [-0.3, -0.25) is 4.79 Å². The third-order valence-corrected chi connectivity index (χ3v) is 3.49. The van der Waals surface area contributed by atoms with Gasteiger partial charge in [-0.15, -0.1) is 0 Å². The Morgan fingerprint density at radius 1 is 1.38 bits per heavy atom. The van der Waals surface area contributed by atoms with Gasteiger partial charge in [0.15, 0.2) is 6.61 Å². The summed E-state index contributed by atoms with van der Waals surface area (Å²) in [5, 5.41) is 2.75. The summed E-state index contributed by atoms with van der Waals surface area (Å²) in [6, 6.07) is 9.39. The average molecular weight is 352 g/mol. The molecule has 5 heteroatoms. The van der Waals surface area contributed by atoms with Gasteiger partial charge in [-0.05, 0) is 41.8 Å². The second kappa shape index (κ2) is 7.31. The van der Waals surface area contributed by atoms with E-state index in [4.69, 9.17) is 9.15 Å². The maximum Gasteiger partial charge on any atom is 0.258 e. The van der Waals surface area contributed by atoms with E-state index in [1.807, 2.05) is 24.3 Å². The van der Waals surface area contributed by atoms with Gasteiger partial charge in [0.1, 0.15) is 11.5 Å². The highest BCUT2D eigenvalue weighted by Gasteiger charge is 2.10. The number of rotatable bonds is 6. The van der Waals surface area contributed by atoms with Gasteiger partial charge in [0.25, 0.3) is 5.91 Å². The van der Waals surface area contributed by atoms with Crippen molar-refractivity contribution in [2.75, 3.05) is 6.61 Å². The molecule has 1 amide bonds. The smallest absolute Gasteiger partial charge is 0.258 e. The van der Waals surface area contributed by atoms with Crippen molar-refractivity contribution in [2.24, 2.45) is 0 Å². The largest absolute Gasteiger partial charge is 0.483 e. The Morgan fingerprint density at radius 2 is 2.19 bits per heavy atom. The molecule has 0 spiro atoms. The normalized spacial score (nSPS) is 10.7. The first-order chi connectivity index (χ1) is 10.1. The summed E-state index contributed by atoms with van der Waals surface area (Å²) in [7, 11) is 0. The molecule has 0 saturated carbocycles. The first kappa shape index (κ1) is 15.6. The van der Waals surface area contributed by atoms with Crippen LogP contribution in [0.4, 0.5) is 0 Å². The van der Waals surface area contributed by atoms with Gasteiger partial charge in [0.2, 0.25) is 0 Å². The summed E-state index contributed by atoms with van der Waals surface area (Å²) < 4.78 is 11.8. The Labute approximate surface area is 132 Å². The van der Waals surface area contributed by atoms with Gasteiger partial charge in [0.05, 0.1) is 12.8 Å². The number of carbonyl (C=O) groups is 1. The second-order valence-electron chi connectivity index (χ2n) is 4.98. The van der Waals surface area contributed by atoms with Crippen LogP contribution in [0.25, 0.3) is 0 Å². The molecule has 2 rings (SSSR count). The number of nitrogens with one attached hydrogen (secondary N) is 1. The SMILES string of the molecule is CC(C)c1cc(Br)ccc1OCC(=O)NCc1ccco1. The molecule has 0 unspecified atom stereocenters. The number of halogens is 1. The third-order valence-electron chi connectivity index (χ3n) is 2.99. The average Bonchev–Trinajstić information content (AvgIpc) is 2.97. The zero-order chi connectivity index (χ0) is 15.2. The number of ether oxygens (including phenoxy) is 1. The molecule has 1 heterocycles. The first-order valence-electron chi connectivity index (χ1n) is 6.77. The monoisotopic (exact) mass is 351 g/mol. The molecule has 0 radical (unpaired) electrons. The summed E-state index contributed by atoms with van der Waals surface area (Å²) in [6.07, 6.45) is 1.58. The van der Waals surface area contributed by atoms with Gasteiger partial charge in [-0.25, -0.2) is 0 Å². The lowest BCUT2D eigenvalue weighted by Crippen LogP contribution is -2.28. The van der Waals surface area contributed by atoms with Crippen LogP contribution in [0.15, 0.2) is 45.5 Å². The number of amides is 1. The van der Waals surface area contributed by atoms with Gasteiger partial charge in [0, 0.05) is 4.47 Å². The highest BCUT2D eigenvalue weighted by molar-refractivity contribution is 9.10. The number of carbonyl (C=O) groups excluding carboxylic acids is 1. The highest BCUT2D eigenvalue weighted by Crippen LogP contribution is 2.29. The van der Waals surface area contributed by atoms with Gasteiger partial charge >= 0.3 is 0 Å². The number of hydrogen-bond acceptors (Lipinski definition) is 3. The van der Waals surface area contributed by atoms with Crippen LogP contribution in [-0.4, -0.2) is 12.5 Å². The number of furan rings is 1. The number of benzene rings is 1. The van der Waals surface area contributed by atoms with E-state index < -0.39 is 0 Å². The fourth-order valence-corrected chi connectivity index (χ4v) is 2.27. The van der Waals surface area contributed by atoms with Gasteiger partial charge in [-0.2, -0.15) is 0 Å². The van der Waals surface area contributed by atoms with E-state index in [-0.39, 0.29) is 12.5 Å². The lowest BCUT2D eigenvalue weighted by Gasteiger charge is -2.14. The molecule has 0 aliphatic carbocycles. The summed E-state index contributed by atoms with van der Waals surface area (Å²) >= 11 is 3.45. The molecule has 2 aromatic rings. The zero-order valence-corrected chi connectivity index (χ0v) is 13.6. The van der Waals surface area contributed by atoms with E-state index in [2.05, 4.69) is 35.1 Å². The van der Waals surface area contributed by atoms with Crippen molar-refractivity contribution in [3.63, 3.8) is 0 Å². The quantitative estimate of drug-likeness (QED) is 0.859. The van der Waals surface area contributed by atoms with Crippen LogP contribution in [0.2, 0.25) is 0 Å². The minimum Gasteiger partial charge on any atom is -0.483 e. The van der Waals surface area contributed by atoms with Gasteiger partial charge < -0.3 is 14.5 Å². The molecular weight excluding hydrogens is 334 g/mol. The Bertz CT molecular complexity index is 594. The van der Waals surface area contributed by atoms with Crippen molar-refractivity contribution in [2.45, 2.75) is 26.3 Å². The van der Waals surface area contributed by atoms with E-state index in [0.717, 1.165) is 21.5 Å².